The molecular formula is C15H31N3. The summed E-state index contributed by atoms with van der Waals surface area (Å²) in [5.74, 6) is 0.955. The average Bonchev–Trinajstić information content (AvgIpc) is 2.46. The number of nitrogens with zero attached hydrogens (tertiary/aromatic N) is 2. The first-order valence-electron chi connectivity index (χ1n) is 8.00. The molecule has 2 aliphatic rings. The summed E-state index contributed by atoms with van der Waals surface area (Å²) in [6, 6.07) is 0.645. The SMILES string of the molecule is CCN1CCN(C(CN)CC2CCCCC2)CC1. The Hall–Kier alpha value is -0.120. The minimum Gasteiger partial charge on any atom is -0.329 e. The maximum absolute atomic E-state index is 6.03. The van der Waals surface area contributed by atoms with Crippen LogP contribution in [0.3, 0.4) is 0 Å². The smallest absolute Gasteiger partial charge is 0.0222 e. The summed E-state index contributed by atoms with van der Waals surface area (Å²) in [5.41, 5.74) is 6.03. The summed E-state index contributed by atoms with van der Waals surface area (Å²) < 4.78 is 0. The molecule has 0 aromatic carbocycles. The highest BCUT2D eigenvalue weighted by atomic mass is 15.3. The highest BCUT2D eigenvalue weighted by molar-refractivity contribution is 4.81. The van der Waals surface area contributed by atoms with Crippen LogP contribution in [0.2, 0.25) is 0 Å². The monoisotopic (exact) mass is 253 g/mol. The molecule has 1 aliphatic carbocycles. The minimum atomic E-state index is 0.645. The van der Waals surface area contributed by atoms with E-state index in [1.165, 1.54) is 71.2 Å². The Bertz CT molecular complexity index is 218. The lowest BCUT2D eigenvalue weighted by Gasteiger charge is -2.40. The van der Waals surface area contributed by atoms with Crippen molar-refractivity contribution in [1.29, 1.82) is 0 Å². The van der Waals surface area contributed by atoms with Crippen molar-refractivity contribution in [3.63, 3.8) is 0 Å². The fourth-order valence-corrected chi connectivity index (χ4v) is 3.65. The fraction of sp³-hybridized carbons (Fsp3) is 1.00. The van der Waals surface area contributed by atoms with Crippen molar-refractivity contribution >= 4 is 0 Å². The molecule has 1 unspecified atom stereocenters. The Kier molecular flexibility index (Phi) is 5.93. The second kappa shape index (κ2) is 7.46. The van der Waals surface area contributed by atoms with Crippen molar-refractivity contribution in [1.82, 2.24) is 9.80 Å². The minimum absolute atomic E-state index is 0.645. The van der Waals surface area contributed by atoms with Gasteiger partial charge in [0.15, 0.2) is 0 Å². The first-order chi connectivity index (χ1) is 8.83. The van der Waals surface area contributed by atoms with Crippen molar-refractivity contribution in [3.05, 3.63) is 0 Å². The van der Waals surface area contributed by atoms with Gasteiger partial charge in [-0.15, -0.1) is 0 Å². The summed E-state index contributed by atoms with van der Waals surface area (Å²) in [7, 11) is 0. The van der Waals surface area contributed by atoms with Gasteiger partial charge in [-0.2, -0.15) is 0 Å². The van der Waals surface area contributed by atoms with Crippen LogP contribution in [0, 0.1) is 5.92 Å². The van der Waals surface area contributed by atoms with Crippen LogP contribution in [0.1, 0.15) is 45.4 Å². The number of piperazine rings is 1. The van der Waals surface area contributed by atoms with Crippen LogP contribution < -0.4 is 5.73 Å². The summed E-state index contributed by atoms with van der Waals surface area (Å²) >= 11 is 0. The van der Waals surface area contributed by atoms with Gasteiger partial charge in [0.2, 0.25) is 0 Å². The standard InChI is InChI=1S/C15H31N3/c1-2-17-8-10-18(11-9-17)15(13-16)12-14-6-4-3-5-7-14/h14-15H,2-13,16H2,1H3. The Morgan fingerprint density at radius 1 is 1.06 bits per heavy atom. The molecule has 2 rings (SSSR count). The lowest BCUT2D eigenvalue weighted by atomic mass is 9.84. The van der Waals surface area contributed by atoms with Crippen LogP contribution in [0.15, 0.2) is 0 Å². The van der Waals surface area contributed by atoms with Gasteiger partial charge in [-0.25, -0.2) is 0 Å². The number of hydrogen-bond donors (Lipinski definition) is 1. The molecule has 1 saturated heterocycles. The number of rotatable bonds is 5. The molecule has 2 N–H and O–H groups in total. The van der Waals surface area contributed by atoms with Crippen LogP contribution in [0.4, 0.5) is 0 Å². The second-order valence-corrected chi connectivity index (χ2v) is 6.10. The van der Waals surface area contributed by atoms with E-state index in [-0.39, 0.29) is 0 Å². The molecular weight excluding hydrogens is 222 g/mol. The molecule has 1 heterocycles. The third kappa shape index (κ3) is 3.94. The maximum atomic E-state index is 6.03. The highest BCUT2D eigenvalue weighted by Gasteiger charge is 2.25. The van der Waals surface area contributed by atoms with Gasteiger partial charge in [0.1, 0.15) is 0 Å². The zero-order chi connectivity index (χ0) is 12.8. The summed E-state index contributed by atoms with van der Waals surface area (Å²) in [6.45, 7) is 9.23. The van der Waals surface area contributed by atoms with Gasteiger partial charge in [-0.1, -0.05) is 39.0 Å². The molecule has 1 saturated carbocycles. The lowest BCUT2D eigenvalue weighted by Crippen LogP contribution is -2.52. The van der Waals surface area contributed by atoms with Crippen molar-refractivity contribution in [2.75, 3.05) is 39.3 Å². The van der Waals surface area contributed by atoms with E-state index < -0.39 is 0 Å². The van der Waals surface area contributed by atoms with E-state index in [0.29, 0.717) is 6.04 Å². The van der Waals surface area contributed by atoms with E-state index in [9.17, 15) is 0 Å². The number of hydrogen-bond acceptors (Lipinski definition) is 3. The quantitative estimate of drug-likeness (QED) is 0.812. The van der Waals surface area contributed by atoms with E-state index in [1.807, 2.05) is 0 Å². The Morgan fingerprint density at radius 3 is 2.28 bits per heavy atom. The van der Waals surface area contributed by atoms with E-state index in [2.05, 4.69) is 16.7 Å². The van der Waals surface area contributed by atoms with Crippen LogP contribution in [-0.4, -0.2) is 55.1 Å². The molecule has 2 fully saturated rings. The molecule has 0 aromatic heterocycles. The molecule has 1 atom stereocenters. The molecule has 0 spiro atoms. The largest absolute Gasteiger partial charge is 0.329 e. The Balaban J connectivity index is 1.77. The summed E-state index contributed by atoms with van der Waals surface area (Å²) in [4.78, 5) is 5.20. The summed E-state index contributed by atoms with van der Waals surface area (Å²) in [5, 5.41) is 0. The van der Waals surface area contributed by atoms with Crippen LogP contribution in [0.5, 0.6) is 0 Å². The summed E-state index contributed by atoms with van der Waals surface area (Å²) in [6.07, 6.45) is 8.61. The molecule has 106 valence electrons. The van der Waals surface area contributed by atoms with Crippen molar-refractivity contribution < 1.29 is 0 Å². The number of nitrogens with two attached hydrogens (primary N) is 1. The van der Waals surface area contributed by atoms with E-state index >= 15 is 0 Å². The molecule has 1 aliphatic heterocycles. The predicted octanol–water partition coefficient (Wildman–Crippen LogP) is 1.92. The molecule has 0 bridgehead atoms. The lowest BCUT2D eigenvalue weighted by molar-refractivity contribution is 0.0866. The molecule has 18 heavy (non-hydrogen) atoms. The van der Waals surface area contributed by atoms with Crippen LogP contribution in [0.25, 0.3) is 0 Å². The van der Waals surface area contributed by atoms with Gasteiger partial charge in [-0.05, 0) is 18.9 Å². The van der Waals surface area contributed by atoms with Crippen LogP contribution in [-0.2, 0) is 0 Å². The van der Waals surface area contributed by atoms with Gasteiger partial charge in [0.05, 0.1) is 0 Å². The molecule has 0 amide bonds. The zero-order valence-electron chi connectivity index (χ0n) is 12.1. The third-order valence-corrected chi connectivity index (χ3v) is 4.97. The van der Waals surface area contributed by atoms with Gasteiger partial charge in [0, 0.05) is 38.8 Å². The van der Waals surface area contributed by atoms with Crippen molar-refractivity contribution in [2.45, 2.75) is 51.5 Å². The first-order valence-corrected chi connectivity index (χ1v) is 8.00. The predicted molar refractivity (Wildman–Crippen MR) is 77.7 cm³/mol. The highest BCUT2D eigenvalue weighted by Crippen LogP contribution is 2.28. The molecule has 0 radical (unpaired) electrons. The molecule has 3 heteroatoms. The van der Waals surface area contributed by atoms with Gasteiger partial charge in [-0.3, -0.25) is 4.90 Å². The van der Waals surface area contributed by atoms with E-state index in [0.717, 1.165) is 12.5 Å². The zero-order valence-corrected chi connectivity index (χ0v) is 12.1. The van der Waals surface area contributed by atoms with Crippen molar-refractivity contribution in [3.8, 4) is 0 Å². The fourth-order valence-electron chi connectivity index (χ4n) is 3.65. The molecule has 3 nitrogen and oxygen atoms in total. The van der Waals surface area contributed by atoms with Gasteiger partial charge >= 0.3 is 0 Å². The van der Waals surface area contributed by atoms with Crippen molar-refractivity contribution in [2.24, 2.45) is 11.7 Å². The Morgan fingerprint density at radius 2 is 1.72 bits per heavy atom. The molecule has 0 aromatic rings. The van der Waals surface area contributed by atoms with Gasteiger partial charge < -0.3 is 10.6 Å². The topological polar surface area (TPSA) is 32.5 Å². The van der Waals surface area contributed by atoms with E-state index in [4.69, 9.17) is 5.73 Å². The second-order valence-electron chi connectivity index (χ2n) is 6.10. The maximum Gasteiger partial charge on any atom is 0.0222 e. The van der Waals surface area contributed by atoms with Gasteiger partial charge in [0.25, 0.3) is 0 Å². The third-order valence-electron chi connectivity index (χ3n) is 4.97. The Labute approximate surface area is 113 Å². The van der Waals surface area contributed by atoms with Crippen LogP contribution >= 0.6 is 0 Å². The normalized spacial score (nSPS) is 26.3. The first kappa shape index (κ1) is 14.3. The van der Waals surface area contributed by atoms with E-state index in [1.54, 1.807) is 0 Å². The number of likely N-dealkylation sites (N-methyl/N-ethyl adjacent to an activating group) is 1. The average molecular weight is 253 g/mol.